The molecule has 1 aromatic heterocycles. The van der Waals surface area contributed by atoms with E-state index in [2.05, 4.69) is 9.97 Å². The minimum absolute atomic E-state index is 0.165. The van der Waals surface area contributed by atoms with Crippen molar-refractivity contribution < 1.29 is 22.7 Å². The fourth-order valence-corrected chi connectivity index (χ4v) is 1.54. The van der Waals surface area contributed by atoms with E-state index in [4.69, 9.17) is 4.74 Å². The van der Waals surface area contributed by atoms with Gasteiger partial charge in [-0.15, -0.1) is 0 Å². The number of aryl methyl sites for hydroxylation is 2. The van der Waals surface area contributed by atoms with E-state index >= 15 is 0 Å². The normalized spacial score (nSPS) is 11.4. The molecule has 19 heavy (non-hydrogen) atoms. The van der Waals surface area contributed by atoms with Gasteiger partial charge in [-0.2, -0.15) is 13.2 Å². The molecule has 0 saturated carbocycles. The molecule has 0 radical (unpaired) electrons. The number of rotatable bonds is 5. The van der Waals surface area contributed by atoms with Gasteiger partial charge in [-0.3, -0.25) is 4.79 Å². The van der Waals surface area contributed by atoms with Crippen LogP contribution in [-0.4, -0.2) is 22.5 Å². The predicted molar refractivity (Wildman–Crippen MR) is 61.3 cm³/mol. The van der Waals surface area contributed by atoms with E-state index in [1.807, 2.05) is 0 Å². The molecule has 0 atom stereocenters. The van der Waals surface area contributed by atoms with Crippen molar-refractivity contribution in [2.24, 2.45) is 0 Å². The molecule has 0 fully saturated rings. The number of esters is 1. The number of hydrogen-bond acceptors (Lipinski definition) is 4. The van der Waals surface area contributed by atoms with E-state index in [-0.39, 0.29) is 30.2 Å². The maximum Gasteiger partial charge on any atom is 0.451 e. The molecule has 1 heterocycles. The Morgan fingerprint density at radius 1 is 1.37 bits per heavy atom. The van der Waals surface area contributed by atoms with Gasteiger partial charge in [-0.25, -0.2) is 9.97 Å². The Hall–Kier alpha value is -1.66. The molecule has 1 rings (SSSR count). The summed E-state index contributed by atoms with van der Waals surface area (Å²) >= 11 is 0. The van der Waals surface area contributed by atoms with Gasteiger partial charge in [0.1, 0.15) is 0 Å². The van der Waals surface area contributed by atoms with Crippen LogP contribution in [0.3, 0.4) is 0 Å². The minimum atomic E-state index is -4.55. The van der Waals surface area contributed by atoms with Crippen molar-refractivity contribution in [1.29, 1.82) is 0 Å². The largest absolute Gasteiger partial charge is 0.466 e. The van der Waals surface area contributed by atoms with Gasteiger partial charge >= 0.3 is 12.1 Å². The summed E-state index contributed by atoms with van der Waals surface area (Å²) in [7, 11) is 0. The van der Waals surface area contributed by atoms with Crippen molar-refractivity contribution in [2.45, 2.75) is 39.3 Å². The highest BCUT2D eigenvalue weighted by atomic mass is 19.4. The van der Waals surface area contributed by atoms with Crippen LogP contribution in [0.15, 0.2) is 6.07 Å². The van der Waals surface area contributed by atoms with Crippen LogP contribution in [-0.2, 0) is 22.1 Å². The van der Waals surface area contributed by atoms with Crippen molar-refractivity contribution in [3.8, 4) is 0 Å². The number of carbonyl (C=O) groups excluding carboxylic acids is 1. The van der Waals surface area contributed by atoms with Crippen LogP contribution < -0.4 is 0 Å². The maximum absolute atomic E-state index is 12.5. The Labute approximate surface area is 109 Å². The second-order valence-corrected chi connectivity index (χ2v) is 3.98. The van der Waals surface area contributed by atoms with Crippen molar-refractivity contribution in [1.82, 2.24) is 9.97 Å². The van der Waals surface area contributed by atoms with Gasteiger partial charge in [0, 0.05) is 17.8 Å². The standard InChI is InChI=1S/C12H15F3N2O2/c1-3-19-10(18)6-4-5-9-7-8(2)16-11(17-9)12(13,14)15/h7H,3-6H2,1-2H3. The highest BCUT2D eigenvalue weighted by Crippen LogP contribution is 2.26. The first kappa shape index (κ1) is 15.4. The minimum Gasteiger partial charge on any atom is -0.466 e. The summed E-state index contributed by atoms with van der Waals surface area (Å²) in [6.45, 7) is 3.47. The molecule has 0 aromatic carbocycles. The zero-order valence-electron chi connectivity index (χ0n) is 10.8. The summed E-state index contributed by atoms with van der Waals surface area (Å²) in [5.41, 5.74) is 0.539. The molecule has 0 aliphatic carbocycles. The van der Waals surface area contributed by atoms with E-state index < -0.39 is 12.0 Å². The Bertz CT molecular complexity index is 447. The summed E-state index contributed by atoms with van der Waals surface area (Å²) < 4.78 is 42.2. The SMILES string of the molecule is CCOC(=O)CCCc1cc(C)nc(C(F)(F)F)n1. The average Bonchev–Trinajstić information content (AvgIpc) is 2.27. The molecule has 0 N–H and O–H groups in total. The van der Waals surface area contributed by atoms with Crippen LogP contribution in [0.25, 0.3) is 0 Å². The lowest BCUT2D eigenvalue weighted by molar-refractivity contribution is -0.145. The Balaban J connectivity index is 2.64. The molecular formula is C12H15F3N2O2. The van der Waals surface area contributed by atoms with Crippen LogP contribution in [0.1, 0.15) is 37.0 Å². The van der Waals surface area contributed by atoms with Gasteiger partial charge in [0.05, 0.1) is 6.61 Å². The fourth-order valence-electron chi connectivity index (χ4n) is 1.54. The van der Waals surface area contributed by atoms with Crippen molar-refractivity contribution in [3.63, 3.8) is 0 Å². The summed E-state index contributed by atoms with van der Waals surface area (Å²) in [6.07, 6.45) is -3.71. The van der Waals surface area contributed by atoms with Crippen molar-refractivity contribution >= 4 is 5.97 Å². The summed E-state index contributed by atoms with van der Waals surface area (Å²) in [6, 6.07) is 1.49. The van der Waals surface area contributed by atoms with Crippen LogP contribution in [0.2, 0.25) is 0 Å². The number of ether oxygens (including phenoxy) is 1. The first-order valence-corrected chi connectivity index (χ1v) is 5.90. The monoisotopic (exact) mass is 276 g/mol. The smallest absolute Gasteiger partial charge is 0.451 e. The first-order chi connectivity index (χ1) is 8.82. The van der Waals surface area contributed by atoms with Crippen LogP contribution in [0, 0.1) is 6.92 Å². The zero-order chi connectivity index (χ0) is 14.5. The molecule has 0 unspecified atom stereocenters. The Morgan fingerprint density at radius 3 is 2.63 bits per heavy atom. The topological polar surface area (TPSA) is 52.1 Å². The van der Waals surface area contributed by atoms with Crippen LogP contribution in [0.4, 0.5) is 13.2 Å². The molecule has 7 heteroatoms. The molecular weight excluding hydrogens is 261 g/mol. The van der Waals surface area contributed by atoms with Gasteiger partial charge in [0.25, 0.3) is 0 Å². The molecule has 0 spiro atoms. The third-order valence-corrected chi connectivity index (χ3v) is 2.28. The lowest BCUT2D eigenvalue weighted by atomic mass is 10.1. The number of alkyl halides is 3. The van der Waals surface area contributed by atoms with Crippen LogP contribution >= 0.6 is 0 Å². The molecule has 106 valence electrons. The van der Waals surface area contributed by atoms with E-state index in [0.29, 0.717) is 13.0 Å². The Kier molecular flexibility index (Phi) is 5.26. The second-order valence-electron chi connectivity index (χ2n) is 3.98. The quantitative estimate of drug-likeness (QED) is 0.776. The van der Waals surface area contributed by atoms with Crippen molar-refractivity contribution in [3.05, 3.63) is 23.3 Å². The average molecular weight is 276 g/mol. The fraction of sp³-hybridized carbons (Fsp3) is 0.583. The van der Waals surface area contributed by atoms with Gasteiger partial charge in [-0.05, 0) is 32.8 Å². The lowest BCUT2D eigenvalue weighted by Gasteiger charge is -2.08. The highest BCUT2D eigenvalue weighted by Gasteiger charge is 2.35. The van der Waals surface area contributed by atoms with E-state index in [1.165, 1.54) is 13.0 Å². The second kappa shape index (κ2) is 6.49. The summed E-state index contributed by atoms with van der Waals surface area (Å²) in [5, 5.41) is 0. The number of carbonyl (C=O) groups is 1. The molecule has 1 aromatic rings. The number of nitrogens with zero attached hydrogens (tertiary/aromatic N) is 2. The number of halogens is 3. The van der Waals surface area contributed by atoms with Gasteiger partial charge in [0.2, 0.25) is 5.82 Å². The van der Waals surface area contributed by atoms with Gasteiger partial charge in [-0.1, -0.05) is 0 Å². The molecule has 0 amide bonds. The molecule has 0 aliphatic rings. The third-order valence-electron chi connectivity index (χ3n) is 2.28. The summed E-state index contributed by atoms with van der Waals surface area (Å²) in [4.78, 5) is 17.9. The van der Waals surface area contributed by atoms with Gasteiger partial charge < -0.3 is 4.74 Å². The molecule has 0 aliphatic heterocycles. The summed E-state index contributed by atoms with van der Waals surface area (Å²) in [5.74, 6) is -1.50. The maximum atomic E-state index is 12.5. The number of hydrogen-bond donors (Lipinski definition) is 0. The van der Waals surface area contributed by atoms with E-state index in [9.17, 15) is 18.0 Å². The van der Waals surface area contributed by atoms with Crippen molar-refractivity contribution in [2.75, 3.05) is 6.61 Å². The van der Waals surface area contributed by atoms with Gasteiger partial charge in [0.15, 0.2) is 0 Å². The van der Waals surface area contributed by atoms with E-state index in [1.54, 1.807) is 6.92 Å². The number of aromatic nitrogens is 2. The molecule has 0 saturated heterocycles. The predicted octanol–water partition coefficient (Wildman–Crippen LogP) is 2.69. The zero-order valence-corrected chi connectivity index (χ0v) is 10.8. The first-order valence-electron chi connectivity index (χ1n) is 5.90. The van der Waals surface area contributed by atoms with E-state index in [0.717, 1.165) is 0 Å². The highest BCUT2D eigenvalue weighted by molar-refractivity contribution is 5.69. The lowest BCUT2D eigenvalue weighted by Crippen LogP contribution is -2.13. The Morgan fingerprint density at radius 2 is 2.05 bits per heavy atom. The molecule has 4 nitrogen and oxygen atoms in total. The van der Waals surface area contributed by atoms with Crippen LogP contribution in [0.5, 0.6) is 0 Å². The third kappa shape index (κ3) is 5.23. The molecule has 0 bridgehead atoms.